The molecular formula is C22H21N3O2S. The number of aliphatic hydroxyl groups excluding tert-OH is 1. The van der Waals surface area contributed by atoms with Crippen LogP contribution in [0.5, 0.6) is 5.75 Å². The number of nitrogens with one attached hydrogen (secondary N) is 1. The van der Waals surface area contributed by atoms with E-state index in [1.807, 2.05) is 60.0 Å². The van der Waals surface area contributed by atoms with E-state index in [4.69, 9.17) is 10.1 Å². The van der Waals surface area contributed by atoms with Gasteiger partial charge in [-0.1, -0.05) is 37.3 Å². The van der Waals surface area contributed by atoms with Gasteiger partial charge >= 0.3 is 0 Å². The molecule has 142 valence electrons. The quantitative estimate of drug-likeness (QED) is 0.593. The summed E-state index contributed by atoms with van der Waals surface area (Å²) in [7, 11) is 0. The summed E-state index contributed by atoms with van der Waals surface area (Å²) in [6.45, 7) is 3.01. The van der Waals surface area contributed by atoms with Crippen LogP contribution in [0.2, 0.25) is 0 Å². The fraction of sp³-hybridized carbons (Fsp3) is 0.182. The first kappa shape index (κ1) is 18.3. The maximum Gasteiger partial charge on any atom is 0.139 e. The summed E-state index contributed by atoms with van der Waals surface area (Å²) in [6, 6.07) is 17.5. The Morgan fingerprint density at radius 1 is 1.14 bits per heavy atom. The van der Waals surface area contributed by atoms with Crippen LogP contribution in [0.1, 0.15) is 18.4 Å². The molecule has 0 radical (unpaired) electrons. The van der Waals surface area contributed by atoms with Crippen LogP contribution in [0.4, 0.5) is 5.69 Å². The van der Waals surface area contributed by atoms with E-state index >= 15 is 0 Å². The van der Waals surface area contributed by atoms with E-state index in [2.05, 4.69) is 11.9 Å². The number of hydrogen-bond acceptors (Lipinski definition) is 5. The van der Waals surface area contributed by atoms with E-state index in [-0.39, 0.29) is 18.1 Å². The van der Waals surface area contributed by atoms with Gasteiger partial charge < -0.3 is 14.7 Å². The minimum atomic E-state index is 0.172. The zero-order chi connectivity index (χ0) is 19.5. The van der Waals surface area contributed by atoms with Gasteiger partial charge in [-0.25, -0.2) is 4.98 Å². The van der Waals surface area contributed by atoms with Crippen molar-refractivity contribution in [3.8, 4) is 17.0 Å². The molecule has 2 heterocycles. The molecule has 6 heteroatoms. The molecule has 1 aliphatic rings. The molecule has 3 aromatic rings. The van der Waals surface area contributed by atoms with Crippen molar-refractivity contribution in [2.24, 2.45) is 0 Å². The Morgan fingerprint density at radius 2 is 1.89 bits per heavy atom. The summed E-state index contributed by atoms with van der Waals surface area (Å²) >= 11 is 1.44. The first-order valence-corrected chi connectivity index (χ1v) is 10.1. The maximum absolute atomic E-state index is 10.5. The van der Waals surface area contributed by atoms with E-state index in [1.54, 1.807) is 4.90 Å². The Balaban J connectivity index is 1.55. The third kappa shape index (κ3) is 3.51. The molecule has 0 saturated carbocycles. The highest BCUT2D eigenvalue weighted by Gasteiger charge is 2.31. The summed E-state index contributed by atoms with van der Waals surface area (Å²) in [5.74, 6) is 1.24. The van der Waals surface area contributed by atoms with Gasteiger partial charge in [0.05, 0.1) is 24.4 Å². The van der Waals surface area contributed by atoms with Crippen molar-refractivity contribution >= 4 is 28.4 Å². The molecule has 0 unspecified atom stereocenters. The average molecular weight is 391 g/mol. The highest BCUT2D eigenvalue weighted by molar-refractivity contribution is 7.11. The largest absolute Gasteiger partial charge is 0.510 e. The second-order valence-corrected chi connectivity index (χ2v) is 7.36. The van der Waals surface area contributed by atoms with E-state index in [1.165, 1.54) is 11.3 Å². The van der Waals surface area contributed by atoms with Gasteiger partial charge in [0.1, 0.15) is 22.4 Å². The number of ether oxygens (including phenoxy) is 1. The Bertz CT molecular complexity index is 1010. The normalized spacial score (nSPS) is 14.0. The lowest BCUT2D eigenvalue weighted by Crippen LogP contribution is -2.25. The molecule has 0 aliphatic carbocycles. The highest BCUT2D eigenvalue weighted by Crippen LogP contribution is 2.34. The lowest BCUT2D eigenvalue weighted by Gasteiger charge is -2.19. The molecular weight excluding hydrogens is 370 g/mol. The highest BCUT2D eigenvalue weighted by atomic mass is 32.1. The van der Waals surface area contributed by atoms with E-state index in [0.29, 0.717) is 17.2 Å². The molecule has 0 bridgehead atoms. The number of amidine groups is 1. The van der Waals surface area contributed by atoms with E-state index in [0.717, 1.165) is 29.1 Å². The predicted octanol–water partition coefficient (Wildman–Crippen LogP) is 5.37. The van der Waals surface area contributed by atoms with Crippen LogP contribution in [0.15, 0.2) is 65.7 Å². The molecule has 5 nitrogen and oxygen atoms in total. The SMILES string of the molecule is CCCOc1ccc(N2CC(O)=C(c3nc(-c4ccccc4)cs3)C2=N)cc1. The molecule has 2 N–H and O–H groups in total. The number of aromatic nitrogens is 1. The zero-order valence-electron chi connectivity index (χ0n) is 15.6. The van der Waals surface area contributed by atoms with Crippen molar-refractivity contribution < 1.29 is 9.84 Å². The lowest BCUT2D eigenvalue weighted by atomic mass is 10.2. The monoisotopic (exact) mass is 391 g/mol. The van der Waals surface area contributed by atoms with Crippen LogP contribution in [-0.4, -0.2) is 29.1 Å². The minimum Gasteiger partial charge on any atom is -0.510 e. The van der Waals surface area contributed by atoms with Crippen LogP contribution < -0.4 is 9.64 Å². The Morgan fingerprint density at radius 3 is 2.61 bits per heavy atom. The first-order chi connectivity index (χ1) is 13.7. The summed E-state index contributed by atoms with van der Waals surface area (Å²) in [6.07, 6.45) is 0.957. The molecule has 0 amide bonds. The average Bonchev–Trinajstić information content (AvgIpc) is 3.32. The molecule has 0 atom stereocenters. The summed E-state index contributed by atoms with van der Waals surface area (Å²) in [5.41, 5.74) is 3.22. The van der Waals surface area contributed by atoms with Crippen LogP contribution in [-0.2, 0) is 0 Å². The molecule has 1 aromatic heterocycles. The van der Waals surface area contributed by atoms with E-state index in [9.17, 15) is 5.11 Å². The zero-order valence-corrected chi connectivity index (χ0v) is 16.4. The molecule has 4 rings (SSSR count). The Hall–Kier alpha value is -3.12. The van der Waals surface area contributed by atoms with Crippen molar-refractivity contribution in [3.05, 3.63) is 70.7 Å². The summed E-state index contributed by atoms with van der Waals surface area (Å²) < 4.78 is 5.62. The van der Waals surface area contributed by atoms with Gasteiger partial charge in [0.25, 0.3) is 0 Å². The van der Waals surface area contributed by atoms with Crippen molar-refractivity contribution in [2.45, 2.75) is 13.3 Å². The van der Waals surface area contributed by atoms with Crippen molar-refractivity contribution in [2.75, 3.05) is 18.1 Å². The fourth-order valence-corrected chi connectivity index (χ4v) is 3.99. The summed E-state index contributed by atoms with van der Waals surface area (Å²) in [4.78, 5) is 6.43. The fourth-order valence-electron chi connectivity index (χ4n) is 3.10. The third-order valence-electron chi connectivity index (χ3n) is 4.51. The minimum absolute atomic E-state index is 0.172. The number of rotatable bonds is 6. The molecule has 2 aromatic carbocycles. The van der Waals surface area contributed by atoms with Crippen LogP contribution >= 0.6 is 11.3 Å². The molecule has 1 aliphatic heterocycles. The van der Waals surface area contributed by atoms with Crippen molar-refractivity contribution in [3.63, 3.8) is 0 Å². The molecule has 0 spiro atoms. The predicted molar refractivity (Wildman–Crippen MR) is 114 cm³/mol. The molecule has 0 fully saturated rings. The number of thiazole rings is 1. The second-order valence-electron chi connectivity index (χ2n) is 6.50. The number of nitrogens with zero attached hydrogens (tertiary/aromatic N) is 2. The first-order valence-electron chi connectivity index (χ1n) is 9.20. The van der Waals surface area contributed by atoms with Gasteiger partial charge in [0, 0.05) is 16.6 Å². The number of aliphatic hydroxyl groups is 1. The number of hydrogen-bond donors (Lipinski definition) is 2. The third-order valence-corrected chi connectivity index (χ3v) is 5.37. The van der Waals surface area contributed by atoms with Gasteiger partial charge in [-0.3, -0.25) is 5.41 Å². The topological polar surface area (TPSA) is 69.4 Å². The number of anilines is 1. The van der Waals surface area contributed by atoms with Crippen molar-refractivity contribution in [1.82, 2.24) is 4.98 Å². The van der Waals surface area contributed by atoms with Crippen LogP contribution in [0, 0.1) is 5.41 Å². The second kappa shape index (κ2) is 7.86. The van der Waals surface area contributed by atoms with Crippen LogP contribution in [0.3, 0.4) is 0 Å². The van der Waals surface area contributed by atoms with Crippen LogP contribution in [0.25, 0.3) is 16.8 Å². The van der Waals surface area contributed by atoms with Gasteiger partial charge in [0.15, 0.2) is 0 Å². The Kier molecular flexibility index (Phi) is 5.12. The van der Waals surface area contributed by atoms with Gasteiger partial charge in [-0.2, -0.15) is 0 Å². The number of benzene rings is 2. The molecule has 0 saturated heterocycles. The molecule has 28 heavy (non-hydrogen) atoms. The summed E-state index contributed by atoms with van der Waals surface area (Å²) in [5, 5.41) is 21.7. The maximum atomic E-state index is 10.5. The van der Waals surface area contributed by atoms with Gasteiger partial charge in [0.2, 0.25) is 0 Å². The van der Waals surface area contributed by atoms with Gasteiger partial charge in [-0.15, -0.1) is 11.3 Å². The smallest absolute Gasteiger partial charge is 0.139 e. The van der Waals surface area contributed by atoms with E-state index < -0.39 is 0 Å². The van der Waals surface area contributed by atoms with Gasteiger partial charge in [-0.05, 0) is 30.7 Å². The lowest BCUT2D eigenvalue weighted by molar-refractivity contribution is 0.317. The Labute approximate surface area is 168 Å². The standard InChI is InChI=1S/C22H21N3O2S/c1-2-12-27-17-10-8-16(9-11-17)25-13-19(26)20(21(25)23)22-24-18(14-28-22)15-6-4-3-5-7-15/h3-11,14,23,26H,2,12-13H2,1H3. The van der Waals surface area contributed by atoms with Crippen molar-refractivity contribution in [1.29, 1.82) is 5.41 Å².